The fourth-order valence-electron chi connectivity index (χ4n) is 2.91. The molecule has 9 nitrogen and oxygen atoms in total. The zero-order chi connectivity index (χ0) is 22.7. The first-order chi connectivity index (χ1) is 13.9. The Hall–Kier alpha value is -1.90. The van der Waals surface area contributed by atoms with Gasteiger partial charge >= 0.3 is 18.1 Å². The molecule has 1 amide bonds. The Bertz CT molecular complexity index is 752. The van der Waals surface area contributed by atoms with Crippen molar-refractivity contribution in [3.63, 3.8) is 0 Å². The molecule has 168 valence electrons. The van der Waals surface area contributed by atoms with Gasteiger partial charge in [0.25, 0.3) is 0 Å². The van der Waals surface area contributed by atoms with Crippen LogP contribution in [0.1, 0.15) is 6.42 Å². The summed E-state index contributed by atoms with van der Waals surface area (Å²) in [6, 6.07) is 5.96. The lowest BCUT2D eigenvalue weighted by Gasteiger charge is -2.46. The van der Waals surface area contributed by atoms with Crippen LogP contribution in [0, 0.1) is 0 Å². The molecule has 13 heteroatoms. The van der Waals surface area contributed by atoms with Gasteiger partial charge in [0.15, 0.2) is 0 Å². The molecule has 0 radical (unpaired) electrons. The number of rotatable bonds is 7. The van der Waals surface area contributed by atoms with Crippen molar-refractivity contribution in [1.82, 2.24) is 5.32 Å². The largest absolute Gasteiger partial charge is 0.478 e. The van der Waals surface area contributed by atoms with Gasteiger partial charge in [0.05, 0.1) is 18.8 Å². The van der Waals surface area contributed by atoms with E-state index >= 15 is 0 Å². The highest BCUT2D eigenvalue weighted by atomic mass is 32.2. The van der Waals surface area contributed by atoms with Crippen LogP contribution >= 0.6 is 11.8 Å². The number of hydrogen-bond acceptors (Lipinski definition) is 8. The molecule has 0 aromatic heterocycles. The number of halogens is 3. The van der Waals surface area contributed by atoms with Crippen LogP contribution in [0.3, 0.4) is 0 Å². The molecule has 1 aromatic carbocycles. The number of amides is 1. The smallest absolute Gasteiger partial charge is 0.471 e. The average molecular weight is 455 g/mol. The topological polar surface area (TPSA) is 157 Å². The average Bonchev–Trinajstić information content (AvgIpc) is 2.68. The maximum Gasteiger partial charge on any atom is 0.471 e. The lowest BCUT2D eigenvalue weighted by atomic mass is 9.89. The van der Waals surface area contributed by atoms with Crippen molar-refractivity contribution < 1.29 is 53.0 Å². The van der Waals surface area contributed by atoms with Crippen LogP contribution < -0.4 is 5.32 Å². The molecule has 0 aliphatic carbocycles. The molecular formula is C17H20F3NO8S. The zero-order valence-corrected chi connectivity index (χ0v) is 16.0. The standard InChI is InChI=1S/C17H20F3NO8S/c18-17(19,20)14(26)21-11-9(23)6-16(15(27)28,30-8-4-2-1-3-5-8)29-13(11)12(25)10(24)7-22/h1-5,9-13,22-25H,6-7H2,(H,21,26)(H,27,28)/t9-,10+,11+,12+,13+,16-/m0/s1. The first-order valence-electron chi connectivity index (χ1n) is 8.59. The predicted octanol–water partition coefficient (Wildman–Crippen LogP) is -0.529. The van der Waals surface area contributed by atoms with Crippen LogP contribution in [-0.4, -0.2) is 85.6 Å². The summed E-state index contributed by atoms with van der Waals surface area (Å²) in [5.41, 5.74) is 0. The second kappa shape index (κ2) is 9.49. The number of nitrogens with one attached hydrogen (secondary N) is 1. The highest BCUT2D eigenvalue weighted by molar-refractivity contribution is 8.01. The summed E-state index contributed by atoms with van der Waals surface area (Å²) in [6.07, 6.45) is -14.0. The summed E-state index contributed by atoms with van der Waals surface area (Å²) in [4.78, 5) is 21.5. The molecule has 1 saturated heterocycles. The van der Waals surface area contributed by atoms with E-state index in [0.717, 1.165) is 0 Å². The molecule has 1 heterocycles. The Morgan fingerprint density at radius 1 is 1.27 bits per heavy atom. The number of alkyl halides is 3. The van der Waals surface area contributed by atoms with Crippen molar-refractivity contribution in [1.29, 1.82) is 0 Å². The fraction of sp³-hybridized carbons (Fsp3) is 0.529. The molecule has 0 spiro atoms. The number of carbonyl (C=O) groups is 2. The zero-order valence-electron chi connectivity index (χ0n) is 15.2. The van der Waals surface area contributed by atoms with Gasteiger partial charge in [-0.1, -0.05) is 30.0 Å². The van der Waals surface area contributed by atoms with E-state index in [1.54, 1.807) is 18.2 Å². The molecule has 1 fully saturated rings. The molecule has 0 unspecified atom stereocenters. The first-order valence-corrected chi connectivity index (χ1v) is 9.41. The second-order valence-electron chi connectivity index (χ2n) is 6.56. The lowest BCUT2D eigenvalue weighted by molar-refractivity contribution is -0.209. The lowest BCUT2D eigenvalue weighted by Crippen LogP contribution is -2.67. The van der Waals surface area contributed by atoms with E-state index in [1.807, 2.05) is 0 Å². The van der Waals surface area contributed by atoms with Crippen LogP contribution in [0.4, 0.5) is 13.2 Å². The summed E-state index contributed by atoms with van der Waals surface area (Å²) < 4.78 is 43.4. The number of aliphatic hydroxyl groups excluding tert-OH is 4. The predicted molar refractivity (Wildman–Crippen MR) is 95.2 cm³/mol. The monoisotopic (exact) mass is 455 g/mol. The number of thioether (sulfide) groups is 1. The third-order valence-electron chi connectivity index (χ3n) is 4.40. The van der Waals surface area contributed by atoms with Crippen molar-refractivity contribution in [2.45, 2.75) is 52.9 Å². The number of hydrogen-bond donors (Lipinski definition) is 6. The summed E-state index contributed by atoms with van der Waals surface area (Å²) in [6.45, 7) is -1.04. The van der Waals surface area contributed by atoms with Gasteiger partial charge in [0, 0.05) is 11.3 Å². The number of benzene rings is 1. The summed E-state index contributed by atoms with van der Waals surface area (Å²) in [7, 11) is 0. The van der Waals surface area contributed by atoms with E-state index < -0.39 is 66.5 Å². The van der Waals surface area contributed by atoms with Crippen LogP contribution in [-0.2, 0) is 14.3 Å². The fourth-order valence-corrected chi connectivity index (χ4v) is 4.08. The summed E-state index contributed by atoms with van der Waals surface area (Å²) >= 11 is 0.619. The molecule has 6 N–H and O–H groups in total. The van der Waals surface area contributed by atoms with Crippen molar-refractivity contribution in [2.75, 3.05) is 6.61 Å². The van der Waals surface area contributed by atoms with Gasteiger partial charge in [-0.15, -0.1) is 0 Å². The molecular weight excluding hydrogens is 435 g/mol. The minimum Gasteiger partial charge on any atom is -0.478 e. The Morgan fingerprint density at radius 2 is 1.87 bits per heavy atom. The van der Waals surface area contributed by atoms with Gasteiger partial charge in [-0.05, 0) is 12.1 Å². The van der Waals surface area contributed by atoms with Gasteiger partial charge in [-0.25, -0.2) is 4.79 Å². The Balaban J connectivity index is 2.41. The highest BCUT2D eigenvalue weighted by Gasteiger charge is 2.56. The number of carbonyl (C=O) groups excluding carboxylic acids is 1. The van der Waals surface area contributed by atoms with Crippen LogP contribution in [0.2, 0.25) is 0 Å². The van der Waals surface area contributed by atoms with Gasteiger partial charge < -0.3 is 35.6 Å². The molecule has 0 saturated carbocycles. The van der Waals surface area contributed by atoms with Crippen molar-refractivity contribution in [2.24, 2.45) is 0 Å². The minimum absolute atomic E-state index is 0.376. The number of carboxylic acid groups (broad SMARTS) is 1. The van der Waals surface area contributed by atoms with Gasteiger partial charge in [-0.3, -0.25) is 4.79 Å². The quantitative estimate of drug-likeness (QED) is 0.318. The Labute approximate surface area is 172 Å². The summed E-state index contributed by atoms with van der Waals surface area (Å²) in [5.74, 6) is -4.06. The van der Waals surface area contributed by atoms with Crippen molar-refractivity contribution >= 4 is 23.6 Å². The SMILES string of the molecule is O=C(N[C@H]1[C@H]([C@H](O)[C@H](O)CO)O[C@@](Sc2ccccc2)(C(=O)O)C[C@@H]1O)C(F)(F)F. The van der Waals surface area contributed by atoms with Crippen LogP contribution in [0.25, 0.3) is 0 Å². The first kappa shape index (κ1) is 24.4. The molecule has 1 aliphatic rings. The van der Waals surface area contributed by atoms with Gasteiger partial charge in [-0.2, -0.15) is 13.2 Å². The third kappa shape index (κ3) is 5.42. The maximum atomic E-state index is 12.7. The summed E-state index contributed by atoms with van der Waals surface area (Å²) in [5, 5.41) is 50.7. The van der Waals surface area contributed by atoms with E-state index in [-0.39, 0.29) is 0 Å². The number of carboxylic acids is 1. The van der Waals surface area contributed by atoms with E-state index in [0.29, 0.717) is 16.7 Å². The van der Waals surface area contributed by atoms with Gasteiger partial charge in [0.2, 0.25) is 4.93 Å². The van der Waals surface area contributed by atoms with Gasteiger partial charge in [0.1, 0.15) is 18.3 Å². The number of ether oxygens (including phenoxy) is 1. The number of aliphatic carboxylic acids is 1. The molecule has 6 atom stereocenters. The van der Waals surface area contributed by atoms with E-state index in [2.05, 4.69) is 0 Å². The Morgan fingerprint density at radius 3 is 2.37 bits per heavy atom. The highest BCUT2D eigenvalue weighted by Crippen LogP contribution is 2.44. The second-order valence-corrected chi connectivity index (χ2v) is 7.90. The van der Waals surface area contributed by atoms with E-state index in [9.17, 15) is 43.2 Å². The molecule has 0 bridgehead atoms. The van der Waals surface area contributed by atoms with Crippen molar-refractivity contribution in [3.05, 3.63) is 30.3 Å². The molecule has 30 heavy (non-hydrogen) atoms. The number of aliphatic hydroxyl groups is 4. The normalized spacial score (nSPS) is 29.1. The molecule has 1 aromatic rings. The third-order valence-corrected chi connectivity index (χ3v) is 5.67. The van der Waals surface area contributed by atoms with E-state index in [1.165, 1.54) is 17.4 Å². The maximum absolute atomic E-state index is 12.7. The van der Waals surface area contributed by atoms with Crippen LogP contribution in [0.15, 0.2) is 35.2 Å². The minimum atomic E-state index is -5.33. The van der Waals surface area contributed by atoms with E-state index in [4.69, 9.17) is 9.84 Å². The van der Waals surface area contributed by atoms with Crippen molar-refractivity contribution in [3.8, 4) is 0 Å². The van der Waals surface area contributed by atoms with Crippen LogP contribution in [0.5, 0.6) is 0 Å². The molecule has 1 aliphatic heterocycles. The molecule has 2 rings (SSSR count). The Kier molecular flexibility index (Phi) is 7.71.